The van der Waals surface area contributed by atoms with Crippen LogP contribution in [0.25, 0.3) is 0 Å². The van der Waals surface area contributed by atoms with Gasteiger partial charge in [-0.1, -0.05) is 19.4 Å². The number of benzene rings is 1. The van der Waals surface area contributed by atoms with E-state index in [4.69, 9.17) is 9.47 Å². The molecule has 0 spiro atoms. The molecule has 23 heavy (non-hydrogen) atoms. The van der Waals surface area contributed by atoms with E-state index in [2.05, 4.69) is 5.32 Å². The molecule has 1 aliphatic rings. The highest BCUT2D eigenvalue weighted by atomic mass is 16.5. The molecule has 1 heterocycles. The molecule has 0 radical (unpaired) electrons. The van der Waals surface area contributed by atoms with Crippen molar-refractivity contribution in [1.29, 1.82) is 0 Å². The van der Waals surface area contributed by atoms with Crippen molar-refractivity contribution in [2.45, 2.75) is 45.3 Å². The van der Waals surface area contributed by atoms with Crippen LogP contribution in [-0.2, 0) is 4.79 Å². The van der Waals surface area contributed by atoms with Crippen molar-refractivity contribution < 1.29 is 19.1 Å². The van der Waals surface area contributed by atoms with Crippen LogP contribution in [0.2, 0.25) is 0 Å². The van der Waals surface area contributed by atoms with Crippen molar-refractivity contribution in [1.82, 2.24) is 10.2 Å². The number of urea groups is 1. The molecule has 2 rings (SSSR count). The summed E-state index contributed by atoms with van der Waals surface area (Å²) < 4.78 is 10.9. The van der Waals surface area contributed by atoms with Gasteiger partial charge in [0.2, 0.25) is 0 Å². The maximum absolute atomic E-state index is 12.5. The Bertz CT molecular complexity index is 590. The highest BCUT2D eigenvalue weighted by molar-refractivity contribution is 6.06. The third kappa shape index (κ3) is 3.75. The quantitative estimate of drug-likeness (QED) is 0.784. The van der Waals surface area contributed by atoms with Crippen molar-refractivity contribution in [3.63, 3.8) is 0 Å². The van der Waals surface area contributed by atoms with E-state index in [1.807, 2.05) is 32.0 Å². The van der Waals surface area contributed by atoms with Crippen LogP contribution < -0.4 is 14.8 Å². The van der Waals surface area contributed by atoms with Gasteiger partial charge >= 0.3 is 6.03 Å². The molecule has 3 amide bonds. The lowest BCUT2D eigenvalue weighted by molar-refractivity contribution is -0.131. The fourth-order valence-electron chi connectivity index (χ4n) is 2.78. The highest BCUT2D eigenvalue weighted by Crippen LogP contribution is 2.24. The smallest absolute Gasteiger partial charge is 0.325 e. The van der Waals surface area contributed by atoms with E-state index in [9.17, 15) is 9.59 Å². The Balaban J connectivity index is 2.01. The molecule has 1 saturated heterocycles. The molecular formula is C17H24N2O4. The normalized spacial score (nSPS) is 22.0. The van der Waals surface area contributed by atoms with E-state index >= 15 is 0 Å². The molecule has 1 aromatic rings. The van der Waals surface area contributed by atoms with E-state index in [0.29, 0.717) is 17.9 Å². The largest absolute Gasteiger partial charge is 0.497 e. The van der Waals surface area contributed by atoms with Crippen LogP contribution in [0, 0.1) is 0 Å². The van der Waals surface area contributed by atoms with Gasteiger partial charge in [0.1, 0.15) is 23.1 Å². The lowest BCUT2D eigenvalue weighted by atomic mass is 9.96. The van der Waals surface area contributed by atoms with Gasteiger partial charge in [0.25, 0.3) is 5.91 Å². The number of hydrogen-bond donors (Lipinski definition) is 1. The Labute approximate surface area is 136 Å². The van der Waals surface area contributed by atoms with Gasteiger partial charge in [-0.3, -0.25) is 9.69 Å². The number of nitrogens with zero attached hydrogens (tertiary/aromatic N) is 1. The molecule has 126 valence electrons. The first-order valence-electron chi connectivity index (χ1n) is 7.84. The van der Waals surface area contributed by atoms with Crippen LogP contribution in [-0.4, -0.2) is 42.1 Å². The van der Waals surface area contributed by atoms with Crippen LogP contribution in [0.4, 0.5) is 4.79 Å². The minimum atomic E-state index is -0.804. The summed E-state index contributed by atoms with van der Waals surface area (Å²) in [5, 5.41) is 2.78. The third-order valence-electron chi connectivity index (χ3n) is 3.91. The summed E-state index contributed by atoms with van der Waals surface area (Å²) in [5.41, 5.74) is -0.804. The number of nitrogens with one attached hydrogen (secondary N) is 1. The summed E-state index contributed by atoms with van der Waals surface area (Å²) in [6, 6.07) is 6.88. The van der Waals surface area contributed by atoms with Crippen molar-refractivity contribution >= 4 is 11.9 Å². The Hall–Kier alpha value is -2.24. The molecule has 1 aromatic carbocycles. The molecule has 1 aliphatic heterocycles. The van der Waals surface area contributed by atoms with E-state index < -0.39 is 5.54 Å². The summed E-state index contributed by atoms with van der Waals surface area (Å²) in [6.45, 7) is 5.79. The lowest BCUT2D eigenvalue weighted by Crippen LogP contribution is -2.44. The number of carbonyl (C=O) groups is 2. The summed E-state index contributed by atoms with van der Waals surface area (Å²) >= 11 is 0. The van der Waals surface area contributed by atoms with Crippen molar-refractivity contribution in [3.8, 4) is 11.5 Å². The van der Waals surface area contributed by atoms with Gasteiger partial charge in [0.05, 0.1) is 13.7 Å². The van der Waals surface area contributed by atoms with Crippen molar-refractivity contribution in [2.24, 2.45) is 0 Å². The number of amides is 3. The van der Waals surface area contributed by atoms with Crippen molar-refractivity contribution in [2.75, 3.05) is 13.7 Å². The second-order valence-electron chi connectivity index (χ2n) is 6.04. The average Bonchev–Trinajstić information content (AvgIpc) is 2.71. The fourth-order valence-corrected chi connectivity index (χ4v) is 2.78. The monoisotopic (exact) mass is 320 g/mol. The second kappa shape index (κ2) is 6.89. The molecule has 0 saturated carbocycles. The molecule has 0 aliphatic carbocycles. The molecule has 0 bridgehead atoms. The third-order valence-corrected chi connectivity index (χ3v) is 3.91. The highest BCUT2D eigenvalue weighted by Gasteiger charge is 2.47. The van der Waals surface area contributed by atoms with Crippen LogP contribution in [0.1, 0.15) is 33.6 Å². The van der Waals surface area contributed by atoms with Gasteiger partial charge in [-0.15, -0.1) is 0 Å². The minimum Gasteiger partial charge on any atom is -0.497 e. The Morgan fingerprint density at radius 1 is 1.30 bits per heavy atom. The Kier molecular flexibility index (Phi) is 5.13. The number of imide groups is 1. The molecule has 1 N–H and O–H groups in total. The first-order valence-corrected chi connectivity index (χ1v) is 7.84. The number of hydrogen-bond acceptors (Lipinski definition) is 4. The molecule has 0 unspecified atom stereocenters. The van der Waals surface area contributed by atoms with Gasteiger partial charge in [0.15, 0.2) is 0 Å². The van der Waals surface area contributed by atoms with Gasteiger partial charge in [-0.05, 0) is 32.4 Å². The lowest BCUT2D eigenvalue weighted by Gasteiger charge is -2.23. The number of methoxy groups -OCH3 is 1. The molecule has 6 nitrogen and oxygen atoms in total. The molecule has 6 heteroatoms. The van der Waals surface area contributed by atoms with Crippen molar-refractivity contribution in [3.05, 3.63) is 24.3 Å². The minimum absolute atomic E-state index is 0.189. The summed E-state index contributed by atoms with van der Waals surface area (Å²) in [4.78, 5) is 25.8. The first-order chi connectivity index (χ1) is 10.9. The zero-order valence-corrected chi connectivity index (χ0v) is 14.1. The number of carbonyl (C=O) groups excluding carboxylic acids is 2. The standard InChI is InChI=1S/C17H24N2O4/c1-5-9-17(3)15(20)19(16(21)18-17)11-12(2)23-14-8-6-7-13(10-14)22-4/h6-8,10,12H,5,9,11H2,1-4H3,(H,18,21)/t12-,17-/m1/s1. The summed E-state index contributed by atoms with van der Waals surface area (Å²) in [6.07, 6.45) is 1.13. The van der Waals surface area contributed by atoms with Gasteiger partial charge < -0.3 is 14.8 Å². The predicted molar refractivity (Wildman–Crippen MR) is 86.6 cm³/mol. The van der Waals surface area contributed by atoms with Crippen LogP contribution in [0.3, 0.4) is 0 Å². The average molecular weight is 320 g/mol. The number of ether oxygens (including phenoxy) is 2. The first kappa shape index (κ1) is 17.1. The summed E-state index contributed by atoms with van der Waals surface area (Å²) in [5.74, 6) is 1.14. The maximum Gasteiger partial charge on any atom is 0.325 e. The van der Waals surface area contributed by atoms with E-state index in [1.165, 1.54) is 4.90 Å². The topological polar surface area (TPSA) is 67.9 Å². The SMILES string of the molecule is CCC[C@@]1(C)NC(=O)N(C[C@@H](C)Oc2cccc(OC)c2)C1=O. The maximum atomic E-state index is 12.5. The van der Waals surface area contributed by atoms with Gasteiger partial charge in [0, 0.05) is 6.07 Å². The van der Waals surface area contributed by atoms with Gasteiger partial charge in [-0.25, -0.2) is 4.79 Å². The predicted octanol–water partition coefficient (Wildman–Crippen LogP) is 2.57. The molecule has 0 aromatic heterocycles. The van der Waals surface area contributed by atoms with Crippen LogP contribution in [0.15, 0.2) is 24.3 Å². The van der Waals surface area contributed by atoms with E-state index in [-0.39, 0.29) is 24.6 Å². The number of rotatable bonds is 7. The molecule has 2 atom stereocenters. The molecule has 1 fully saturated rings. The zero-order chi connectivity index (χ0) is 17.0. The Morgan fingerprint density at radius 2 is 2.00 bits per heavy atom. The van der Waals surface area contributed by atoms with E-state index in [0.717, 1.165) is 6.42 Å². The van der Waals surface area contributed by atoms with Crippen LogP contribution in [0.5, 0.6) is 11.5 Å². The van der Waals surface area contributed by atoms with E-state index in [1.54, 1.807) is 20.1 Å². The summed E-state index contributed by atoms with van der Waals surface area (Å²) in [7, 11) is 1.59. The zero-order valence-electron chi connectivity index (χ0n) is 14.1. The molecular weight excluding hydrogens is 296 g/mol. The van der Waals surface area contributed by atoms with Gasteiger partial charge in [-0.2, -0.15) is 0 Å². The second-order valence-corrected chi connectivity index (χ2v) is 6.04. The Morgan fingerprint density at radius 3 is 2.65 bits per heavy atom. The van der Waals surface area contributed by atoms with Crippen LogP contribution >= 0.6 is 0 Å². The fraction of sp³-hybridized carbons (Fsp3) is 0.529.